The van der Waals surface area contributed by atoms with Gasteiger partial charge in [-0.2, -0.15) is 0 Å². The van der Waals surface area contributed by atoms with E-state index in [0.29, 0.717) is 0 Å². The van der Waals surface area contributed by atoms with Gasteiger partial charge in [0.05, 0.1) is 0 Å². The van der Waals surface area contributed by atoms with Gasteiger partial charge in [-0.25, -0.2) is 4.79 Å². The number of amides is 3. The summed E-state index contributed by atoms with van der Waals surface area (Å²) in [6, 6.07) is 4.18. The molecular weight excluding hydrogens is 442 g/mol. The summed E-state index contributed by atoms with van der Waals surface area (Å²) in [5.41, 5.74) is 1.79. The van der Waals surface area contributed by atoms with E-state index in [4.69, 9.17) is 4.74 Å². The lowest BCUT2D eigenvalue weighted by molar-refractivity contribution is -0.144. The molecule has 2 rings (SSSR count). The summed E-state index contributed by atoms with van der Waals surface area (Å²) in [6.45, 7) is 21.0. The van der Waals surface area contributed by atoms with E-state index in [9.17, 15) is 14.4 Å². The second kappa shape index (κ2) is 10.6. The maximum Gasteiger partial charge on any atom is 0.408 e. The highest BCUT2D eigenvalue weighted by atomic mass is 16.6. The van der Waals surface area contributed by atoms with Crippen LogP contribution in [-0.4, -0.2) is 46.0 Å². The van der Waals surface area contributed by atoms with Gasteiger partial charge >= 0.3 is 6.09 Å². The average molecular weight is 488 g/mol. The number of carbonyl (C=O) groups is 3. The first-order chi connectivity index (χ1) is 15.9. The normalized spacial score (nSPS) is 19.5. The number of hydrogen-bond donors (Lipinski definition) is 2. The number of rotatable bonds is 7. The fourth-order valence-corrected chi connectivity index (χ4v) is 4.09. The molecule has 4 atom stereocenters. The first kappa shape index (κ1) is 28.7. The molecule has 1 aromatic carbocycles. The Morgan fingerprint density at radius 3 is 2.03 bits per heavy atom. The number of carbonyl (C=O) groups excluding carboxylic acids is 3. The summed E-state index contributed by atoms with van der Waals surface area (Å²) < 4.78 is 5.43. The number of aryl methyl sites for hydroxylation is 2. The Hall–Kier alpha value is -2.57. The molecule has 0 spiro atoms. The topological polar surface area (TPSA) is 87.7 Å². The molecule has 7 nitrogen and oxygen atoms in total. The second-order valence-corrected chi connectivity index (χ2v) is 12.4. The standard InChI is InChI=1S/C28H45N3O4/c1-16(2)22(29-26(34)35-28(9,10)11)25(33)31(21-15-19(21)5)23(24(32)30-27(6,7)8)20-13-12-17(3)18(4)14-20/h12-14,16,19,21-23H,15H2,1-11H3,(H,29,34)(H,30,32). The summed E-state index contributed by atoms with van der Waals surface area (Å²) in [6.07, 6.45) is 0.169. The molecule has 0 heterocycles. The predicted octanol–water partition coefficient (Wildman–Crippen LogP) is 5.05. The number of hydrogen-bond acceptors (Lipinski definition) is 4. The van der Waals surface area contributed by atoms with Crippen LogP contribution in [0.5, 0.6) is 0 Å². The largest absolute Gasteiger partial charge is 0.444 e. The van der Waals surface area contributed by atoms with Crippen LogP contribution in [0.3, 0.4) is 0 Å². The van der Waals surface area contributed by atoms with Gasteiger partial charge in [0.2, 0.25) is 11.8 Å². The van der Waals surface area contributed by atoms with Gasteiger partial charge in [0.25, 0.3) is 0 Å². The van der Waals surface area contributed by atoms with Gasteiger partial charge in [-0.3, -0.25) is 9.59 Å². The van der Waals surface area contributed by atoms with Crippen molar-refractivity contribution in [3.63, 3.8) is 0 Å². The lowest BCUT2D eigenvalue weighted by atomic mass is 9.95. The SMILES string of the molecule is Cc1ccc(C(C(=O)NC(C)(C)C)N(C(=O)C(NC(=O)OC(C)(C)C)C(C)C)C2CC2C)cc1C. The maximum absolute atomic E-state index is 14.1. The van der Waals surface area contributed by atoms with Crippen molar-refractivity contribution in [2.24, 2.45) is 11.8 Å². The van der Waals surface area contributed by atoms with E-state index in [1.54, 1.807) is 25.7 Å². The van der Waals surface area contributed by atoms with E-state index in [-0.39, 0.29) is 29.7 Å². The monoisotopic (exact) mass is 487 g/mol. The van der Waals surface area contributed by atoms with E-state index in [1.165, 1.54) is 0 Å². The van der Waals surface area contributed by atoms with Crippen LogP contribution >= 0.6 is 0 Å². The number of nitrogens with one attached hydrogen (secondary N) is 2. The van der Waals surface area contributed by atoms with Crippen LogP contribution in [0.4, 0.5) is 4.79 Å². The van der Waals surface area contributed by atoms with Gasteiger partial charge in [0.1, 0.15) is 17.7 Å². The van der Waals surface area contributed by atoms with Crippen LogP contribution in [0.2, 0.25) is 0 Å². The molecule has 1 saturated carbocycles. The zero-order valence-corrected chi connectivity index (χ0v) is 23.4. The fraction of sp³-hybridized carbons (Fsp3) is 0.679. The van der Waals surface area contributed by atoms with Crippen molar-refractivity contribution in [3.8, 4) is 0 Å². The number of ether oxygens (including phenoxy) is 1. The predicted molar refractivity (Wildman–Crippen MR) is 139 cm³/mol. The van der Waals surface area contributed by atoms with E-state index in [1.807, 2.05) is 66.7 Å². The molecule has 0 radical (unpaired) electrons. The lowest BCUT2D eigenvalue weighted by Gasteiger charge is -2.37. The smallest absolute Gasteiger partial charge is 0.408 e. The molecule has 196 valence electrons. The molecule has 1 aliphatic carbocycles. The summed E-state index contributed by atoms with van der Waals surface area (Å²) in [7, 11) is 0. The molecule has 0 aromatic heterocycles. The molecule has 1 aliphatic rings. The lowest BCUT2D eigenvalue weighted by Crippen LogP contribution is -2.57. The van der Waals surface area contributed by atoms with Crippen molar-refractivity contribution in [1.82, 2.24) is 15.5 Å². The Balaban J connectivity index is 2.53. The third kappa shape index (κ3) is 7.97. The highest BCUT2D eigenvalue weighted by Crippen LogP contribution is 2.41. The third-order valence-corrected chi connectivity index (χ3v) is 6.16. The van der Waals surface area contributed by atoms with E-state index in [0.717, 1.165) is 23.1 Å². The molecule has 0 aliphatic heterocycles. The van der Waals surface area contributed by atoms with Gasteiger partial charge in [0.15, 0.2) is 0 Å². The average Bonchev–Trinajstić information content (AvgIpc) is 3.38. The molecule has 7 heteroatoms. The molecule has 3 amide bonds. The quantitative estimate of drug-likeness (QED) is 0.564. The maximum atomic E-state index is 14.1. The van der Waals surface area contributed by atoms with E-state index < -0.39 is 29.3 Å². The van der Waals surface area contributed by atoms with Crippen LogP contribution in [-0.2, 0) is 14.3 Å². The Labute approximate surface area is 211 Å². The number of alkyl carbamates (subject to hydrolysis) is 1. The second-order valence-electron chi connectivity index (χ2n) is 12.4. The van der Waals surface area contributed by atoms with Crippen molar-refractivity contribution in [2.75, 3.05) is 0 Å². The Kier molecular flexibility index (Phi) is 8.67. The minimum absolute atomic E-state index is 0.0819. The van der Waals surface area contributed by atoms with Crippen LogP contribution in [0.1, 0.15) is 91.5 Å². The summed E-state index contributed by atoms with van der Waals surface area (Å²) in [5, 5.41) is 5.86. The van der Waals surface area contributed by atoms with E-state index >= 15 is 0 Å². The fourth-order valence-electron chi connectivity index (χ4n) is 4.09. The van der Waals surface area contributed by atoms with Crippen molar-refractivity contribution in [3.05, 3.63) is 34.9 Å². The van der Waals surface area contributed by atoms with Crippen LogP contribution in [0.15, 0.2) is 18.2 Å². The molecule has 1 aromatic rings. The zero-order chi connectivity index (χ0) is 26.9. The van der Waals surface area contributed by atoms with E-state index in [2.05, 4.69) is 17.6 Å². The summed E-state index contributed by atoms with van der Waals surface area (Å²) in [5.74, 6) is -0.428. The van der Waals surface area contributed by atoms with Crippen LogP contribution < -0.4 is 10.6 Å². The van der Waals surface area contributed by atoms with Crippen molar-refractivity contribution in [1.29, 1.82) is 0 Å². The molecule has 1 fully saturated rings. The van der Waals surface area contributed by atoms with Crippen molar-refractivity contribution >= 4 is 17.9 Å². The van der Waals surface area contributed by atoms with Gasteiger partial charge in [0, 0.05) is 11.6 Å². The van der Waals surface area contributed by atoms with Gasteiger partial charge < -0.3 is 20.3 Å². The molecule has 35 heavy (non-hydrogen) atoms. The molecule has 0 saturated heterocycles. The van der Waals surface area contributed by atoms with Gasteiger partial charge in [-0.05, 0) is 90.3 Å². The minimum Gasteiger partial charge on any atom is -0.444 e. The summed E-state index contributed by atoms with van der Waals surface area (Å²) >= 11 is 0. The van der Waals surface area contributed by atoms with Crippen molar-refractivity contribution < 1.29 is 19.1 Å². The first-order valence-corrected chi connectivity index (χ1v) is 12.6. The van der Waals surface area contributed by atoms with Gasteiger partial charge in [-0.1, -0.05) is 39.0 Å². The highest BCUT2D eigenvalue weighted by Gasteiger charge is 2.49. The summed E-state index contributed by atoms with van der Waals surface area (Å²) in [4.78, 5) is 42.2. The number of benzene rings is 1. The molecule has 4 unspecified atom stereocenters. The zero-order valence-electron chi connectivity index (χ0n) is 23.4. The van der Waals surface area contributed by atoms with Crippen LogP contribution in [0.25, 0.3) is 0 Å². The molecular formula is C28H45N3O4. The van der Waals surface area contributed by atoms with Gasteiger partial charge in [-0.15, -0.1) is 0 Å². The van der Waals surface area contributed by atoms with Crippen LogP contribution in [0, 0.1) is 25.7 Å². The highest BCUT2D eigenvalue weighted by molar-refractivity contribution is 5.93. The Bertz CT molecular complexity index is 943. The Morgan fingerprint density at radius 1 is 1.03 bits per heavy atom. The minimum atomic E-state index is -0.825. The Morgan fingerprint density at radius 2 is 1.60 bits per heavy atom. The first-order valence-electron chi connectivity index (χ1n) is 12.6. The third-order valence-electron chi connectivity index (χ3n) is 6.16. The molecule has 2 N–H and O–H groups in total. The molecule has 0 bridgehead atoms. The van der Waals surface area contributed by atoms with Crippen molar-refractivity contribution in [2.45, 2.75) is 112 Å². The number of nitrogens with zero attached hydrogens (tertiary/aromatic N) is 1.